The molecule has 0 unspecified atom stereocenters. The molecule has 1 heterocycles. The van der Waals surface area contributed by atoms with Crippen LogP contribution in [0.4, 0.5) is 10.5 Å². The van der Waals surface area contributed by atoms with Crippen LogP contribution in [-0.2, 0) is 17.8 Å². The number of anilines is 1. The van der Waals surface area contributed by atoms with Crippen LogP contribution in [0.5, 0.6) is 17.2 Å². The van der Waals surface area contributed by atoms with Crippen LogP contribution < -0.4 is 31.4 Å². The van der Waals surface area contributed by atoms with Crippen molar-refractivity contribution in [1.82, 2.24) is 10.3 Å². The maximum absolute atomic E-state index is 12.8. The number of aliphatic hydroxyl groups excluding tert-OH is 1. The number of amides is 2. The molecule has 48 heavy (non-hydrogen) atoms. The van der Waals surface area contributed by atoms with E-state index in [1.807, 2.05) is 42.5 Å². The maximum Gasteiger partial charge on any atom is 0.409 e. The minimum Gasteiger partial charge on any atom is -0.506 e. The average Bonchev–Trinajstić information content (AvgIpc) is 3.06. The number of pyridine rings is 1. The largest absolute Gasteiger partial charge is 0.506 e. The summed E-state index contributed by atoms with van der Waals surface area (Å²) in [4.78, 5) is 38.6. The van der Waals surface area contributed by atoms with Gasteiger partial charge in [-0.3, -0.25) is 9.59 Å². The van der Waals surface area contributed by atoms with Gasteiger partial charge in [-0.2, -0.15) is 0 Å². The van der Waals surface area contributed by atoms with Crippen molar-refractivity contribution < 1.29 is 29.3 Å². The fourth-order valence-electron chi connectivity index (χ4n) is 5.46. The van der Waals surface area contributed by atoms with Gasteiger partial charge in [0, 0.05) is 48.2 Å². The van der Waals surface area contributed by atoms with Gasteiger partial charge in [0.1, 0.15) is 17.2 Å². The van der Waals surface area contributed by atoms with Gasteiger partial charge in [-0.15, -0.1) is 0 Å². The van der Waals surface area contributed by atoms with Gasteiger partial charge < -0.3 is 41.0 Å². The molecule has 5 rings (SSSR count). The van der Waals surface area contributed by atoms with Crippen LogP contribution in [0.25, 0.3) is 22.0 Å². The van der Waals surface area contributed by atoms with Gasteiger partial charge in [0.2, 0.25) is 11.5 Å². The zero-order valence-corrected chi connectivity index (χ0v) is 26.8. The number of hydrogen-bond acceptors (Lipinski definition) is 8. The number of nitrogens with one attached hydrogen (secondary N) is 3. The zero-order chi connectivity index (χ0) is 34.2. The topological polar surface area (TPSA) is 176 Å². The molecule has 0 bridgehead atoms. The first kappa shape index (κ1) is 34.0. The Balaban J connectivity index is 1.17. The number of hydrogen-bond donors (Lipinski definition) is 6. The number of carbonyl (C=O) groups excluding carboxylic acids is 2. The van der Waals surface area contributed by atoms with E-state index in [9.17, 15) is 24.6 Å². The van der Waals surface area contributed by atoms with Gasteiger partial charge in [-0.05, 0) is 53.8 Å². The van der Waals surface area contributed by atoms with Crippen molar-refractivity contribution in [2.45, 2.75) is 31.9 Å². The Morgan fingerprint density at radius 2 is 1.79 bits per heavy atom. The quantitative estimate of drug-likeness (QED) is 0.0910. The highest BCUT2D eigenvalue weighted by atomic mass is 35.5. The lowest BCUT2D eigenvalue weighted by molar-refractivity contribution is -0.116. The maximum atomic E-state index is 12.8. The summed E-state index contributed by atoms with van der Waals surface area (Å²) in [5, 5.41) is 27.9. The molecule has 11 nitrogen and oxygen atoms in total. The first-order valence-electron chi connectivity index (χ1n) is 15.2. The number of aromatic nitrogens is 1. The number of rotatable bonds is 13. The van der Waals surface area contributed by atoms with E-state index in [1.54, 1.807) is 30.3 Å². The summed E-state index contributed by atoms with van der Waals surface area (Å²) in [6, 6.07) is 24.3. The van der Waals surface area contributed by atoms with Crippen LogP contribution in [0, 0.1) is 0 Å². The van der Waals surface area contributed by atoms with E-state index in [0.717, 1.165) is 16.7 Å². The predicted molar refractivity (Wildman–Crippen MR) is 185 cm³/mol. The standard InChI is InChI=1S/C36H35ClN4O7/c1-47-31-18-28(27(37)17-23(31)19-39-20-30(43)25-12-14-29(42)35-26(25)13-15-34(45)41-35)40-33(44)9-5-6-21-10-11-24(22-7-3-2-4-8-22)32(16-21)48-36(38)46/h2-4,7-8,10-18,30,39,42-43H,5-6,9,19-20H2,1H3,(H2,38,46)(H,40,44)(H,41,45)/t30-/m0/s1. The van der Waals surface area contributed by atoms with E-state index in [4.69, 9.17) is 26.8 Å². The molecule has 0 saturated carbocycles. The molecule has 0 saturated heterocycles. The minimum atomic E-state index is -0.942. The number of halogens is 1. The number of fused-ring (bicyclic) bond motifs is 1. The number of carbonyl (C=O) groups is 2. The van der Waals surface area contributed by atoms with E-state index in [1.165, 1.54) is 19.2 Å². The number of ether oxygens (including phenoxy) is 2. The van der Waals surface area contributed by atoms with Crippen molar-refractivity contribution in [2.75, 3.05) is 19.0 Å². The number of phenolic OH excluding ortho intramolecular Hbond substituents is 1. The second-order valence-corrected chi connectivity index (χ2v) is 11.5. The first-order chi connectivity index (χ1) is 23.1. The minimum absolute atomic E-state index is 0.0854. The lowest BCUT2D eigenvalue weighted by Gasteiger charge is -2.17. The second kappa shape index (κ2) is 15.5. The molecular weight excluding hydrogens is 636 g/mol. The van der Waals surface area contributed by atoms with Gasteiger partial charge in [0.05, 0.1) is 29.4 Å². The molecule has 7 N–H and O–H groups in total. The summed E-state index contributed by atoms with van der Waals surface area (Å²) >= 11 is 6.54. The molecule has 1 aromatic heterocycles. The number of aromatic hydroxyl groups is 1. The van der Waals surface area contributed by atoms with Crippen molar-refractivity contribution in [3.63, 3.8) is 0 Å². The van der Waals surface area contributed by atoms with E-state index in [2.05, 4.69) is 15.6 Å². The van der Waals surface area contributed by atoms with Crippen LogP contribution in [0.15, 0.2) is 89.7 Å². The molecule has 0 fully saturated rings. The summed E-state index contributed by atoms with van der Waals surface area (Å²) in [5.74, 6) is 0.526. The highest BCUT2D eigenvalue weighted by molar-refractivity contribution is 6.33. The van der Waals surface area contributed by atoms with Crippen molar-refractivity contribution in [1.29, 1.82) is 0 Å². The van der Waals surface area contributed by atoms with Gasteiger partial charge >= 0.3 is 6.09 Å². The summed E-state index contributed by atoms with van der Waals surface area (Å²) in [7, 11) is 1.51. The zero-order valence-electron chi connectivity index (χ0n) is 26.1. The number of methoxy groups -OCH3 is 1. The Kier molecular flexibility index (Phi) is 11.0. The Morgan fingerprint density at radius 3 is 2.54 bits per heavy atom. The number of aromatic amines is 1. The molecular formula is C36H35ClN4O7. The molecule has 0 aliphatic carbocycles. The van der Waals surface area contributed by atoms with Gasteiger partial charge in [0.25, 0.3) is 0 Å². The summed E-state index contributed by atoms with van der Waals surface area (Å²) in [5.41, 5.74) is 9.34. The Hall–Kier alpha value is -5.36. The predicted octanol–water partition coefficient (Wildman–Crippen LogP) is 5.80. The Labute approximate surface area is 281 Å². The summed E-state index contributed by atoms with van der Waals surface area (Å²) in [6.45, 7) is 0.453. The SMILES string of the molecule is COc1cc(NC(=O)CCCc2ccc(-c3ccccc3)c(OC(N)=O)c2)c(Cl)cc1CNC[C@H](O)c1ccc(O)c2[nH]c(=O)ccc12. The number of benzene rings is 4. The van der Waals surface area contributed by atoms with Gasteiger partial charge in [0.15, 0.2) is 0 Å². The Bertz CT molecular complexity index is 2000. The fourth-order valence-corrected chi connectivity index (χ4v) is 5.69. The number of phenols is 1. The number of aliphatic hydroxyl groups is 1. The molecule has 4 aromatic carbocycles. The third-order valence-electron chi connectivity index (χ3n) is 7.77. The lowest BCUT2D eigenvalue weighted by atomic mass is 10.00. The number of H-pyrrole nitrogens is 1. The van der Waals surface area contributed by atoms with Crippen LogP contribution in [0.3, 0.4) is 0 Å². The fraction of sp³-hybridized carbons (Fsp3) is 0.194. The lowest BCUT2D eigenvalue weighted by Crippen LogP contribution is -2.22. The highest BCUT2D eigenvalue weighted by Crippen LogP contribution is 2.33. The molecule has 0 radical (unpaired) electrons. The van der Waals surface area contributed by atoms with Crippen LogP contribution >= 0.6 is 11.6 Å². The smallest absolute Gasteiger partial charge is 0.409 e. The monoisotopic (exact) mass is 670 g/mol. The third-order valence-corrected chi connectivity index (χ3v) is 8.09. The van der Waals surface area contributed by atoms with E-state index in [-0.39, 0.29) is 35.7 Å². The molecule has 1 atom stereocenters. The molecule has 248 valence electrons. The summed E-state index contributed by atoms with van der Waals surface area (Å²) in [6.07, 6.45) is -0.548. The highest BCUT2D eigenvalue weighted by Gasteiger charge is 2.16. The summed E-state index contributed by atoms with van der Waals surface area (Å²) < 4.78 is 10.8. The number of primary amides is 1. The van der Waals surface area contributed by atoms with Gasteiger partial charge in [-0.25, -0.2) is 4.79 Å². The van der Waals surface area contributed by atoms with E-state index in [0.29, 0.717) is 58.1 Å². The molecule has 0 spiro atoms. The molecule has 12 heteroatoms. The van der Waals surface area contributed by atoms with Crippen molar-refractivity contribution in [2.24, 2.45) is 5.73 Å². The molecule has 0 aliphatic heterocycles. The van der Waals surface area contributed by atoms with Crippen molar-refractivity contribution >= 4 is 40.2 Å². The van der Waals surface area contributed by atoms with Gasteiger partial charge in [-0.1, -0.05) is 60.1 Å². The van der Waals surface area contributed by atoms with Crippen LogP contribution in [0.1, 0.15) is 35.6 Å². The Morgan fingerprint density at radius 1 is 1.00 bits per heavy atom. The average molecular weight is 671 g/mol. The second-order valence-electron chi connectivity index (χ2n) is 11.1. The first-order valence-corrected chi connectivity index (χ1v) is 15.6. The van der Waals surface area contributed by atoms with Crippen LogP contribution in [-0.4, -0.2) is 40.9 Å². The van der Waals surface area contributed by atoms with E-state index < -0.39 is 12.2 Å². The third kappa shape index (κ3) is 8.31. The molecule has 5 aromatic rings. The normalized spacial score (nSPS) is 11.6. The molecule has 0 aliphatic rings. The molecule has 2 amide bonds. The van der Waals surface area contributed by atoms with Crippen molar-refractivity contribution in [3.05, 3.63) is 117 Å². The number of nitrogens with two attached hydrogens (primary N) is 1. The van der Waals surface area contributed by atoms with E-state index >= 15 is 0 Å². The van der Waals surface area contributed by atoms with Crippen LogP contribution in [0.2, 0.25) is 5.02 Å². The number of aryl methyl sites for hydroxylation is 1. The van der Waals surface area contributed by atoms with Crippen molar-refractivity contribution in [3.8, 4) is 28.4 Å².